The van der Waals surface area contributed by atoms with Crippen LogP contribution in [-0.2, 0) is 6.54 Å². The highest BCUT2D eigenvalue weighted by atomic mass is 35.5. The van der Waals surface area contributed by atoms with Crippen LogP contribution in [0.3, 0.4) is 0 Å². The van der Waals surface area contributed by atoms with Gasteiger partial charge in [0.15, 0.2) is 0 Å². The van der Waals surface area contributed by atoms with Crippen molar-refractivity contribution in [1.82, 2.24) is 10.2 Å². The molecule has 0 unspecified atom stereocenters. The SMILES string of the molecule is COc1cc(N)c(Cl)cc1C(=O)NC[C@@H]1CCN(Cc2ccccc2)C1. The summed E-state index contributed by atoms with van der Waals surface area (Å²) in [6.07, 6.45) is 1.08. The zero-order valence-electron chi connectivity index (χ0n) is 14.9. The number of benzene rings is 2. The predicted octanol–water partition coefficient (Wildman–Crippen LogP) is 3.18. The van der Waals surface area contributed by atoms with Gasteiger partial charge in [0.2, 0.25) is 0 Å². The van der Waals surface area contributed by atoms with Gasteiger partial charge in [-0.15, -0.1) is 0 Å². The lowest BCUT2D eigenvalue weighted by molar-refractivity contribution is 0.0944. The topological polar surface area (TPSA) is 67.6 Å². The van der Waals surface area contributed by atoms with E-state index in [4.69, 9.17) is 22.1 Å². The van der Waals surface area contributed by atoms with Crippen LogP contribution in [0.15, 0.2) is 42.5 Å². The molecule has 1 aliphatic rings. The number of hydrogen-bond donors (Lipinski definition) is 2. The number of ether oxygens (including phenoxy) is 1. The lowest BCUT2D eigenvalue weighted by Gasteiger charge is -2.17. The van der Waals surface area contributed by atoms with E-state index < -0.39 is 0 Å². The van der Waals surface area contributed by atoms with Gasteiger partial charge in [-0.05, 0) is 30.5 Å². The van der Waals surface area contributed by atoms with E-state index in [0.717, 1.165) is 26.1 Å². The van der Waals surface area contributed by atoms with Crippen LogP contribution in [0.5, 0.6) is 5.75 Å². The molecule has 1 saturated heterocycles. The van der Waals surface area contributed by atoms with Crippen molar-refractivity contribution in [1.29, 1.82) is 0 Å². The average molecular weight is 374 g/mol. The maximum absolute atomic E-state index is 12.5. The fourth-order valence-electron chi connectivity index (χ4n) is 3.31. The van der Waals surface area contributed by atoms with Gasteiger partial charge in [-0.1, -0.05) is 41.9 Å². The Kier molecular flexibility index (Phi) is 6.01. The van der Waals surface area contributed by atoms with Crippen LogP contribution in [0.25, 0.3) is 0 Å². The molecule has 0 bridgehead atoms. The van der Waals surface area contributed by atoms with E-state index in [1.165, 1.54) is 12.7 Å². The molecule has 1 heterocycles. The second-order valence-electron chi connectivity index (χ2n) is 6.66. The van der Waals surface area contributed by atoms with Gasteiger partial charge in [0.25, 0.3) is 5.91 Å². The fraction of sp³-hybridized carbons (Fsp3) is 0.350. The number of likely N-dealkylation sites (tertiary alicyclic amines) is 1. The quantitative estimate of drug-likeness (QED) is 0.763. The van der Waals surface area contributed by atoms with Crippen molar-refractivity contribution in [2.75, 3.05) is 32.5 Å². The second-order valence-corrected chi connectivity index (χ2v) is 7.07. The Morgan fingerprint density at radius 3 is 2.85 bits per heavy atom. The van der Waals surface area contributed by atoms with E-state index in [1.807, 2.05) is 6.07 Å². The summed E-state index contributed by atoms with van der Waals surface area (Å²) in [7, 11) is 1.51. The molecule has 0 aliphatic carbocycles. The number of halogens is 1. The molecule has 0 saturated carbocycles. The van der Waals surface area contributed by atoms with E-state index in [1.54, 1.807) is 12.1 Å². The standard InChI is InChI=1S/C20H24ClN3O2/c1-26-19-10-18(22)17(21)9-16(19)20(25)23-11-15-7-8-24(13-15)12-14-5-3-2-4-6-14/h2-6,9-10,15H,7-8,11-13,22H2,1H3,(H,23,25)/t15-/m0/s1. The minimum Gasteiger partial charge on any atom is -0.496 e. The third-order valence-corrected chi connectivity index (χ3v) is 5.06. The van der Waals surface area contributed by atoms with Crippen LogP contribution >= 0.6 is 11.6 Å². The highest BCUT2D eigenvalue weighted by Gasteiger charge is 2.23. The highest BCUT2D eigenvalue weighted by molar-refractivity contribution is 6.33. The number of nitrogens with two attached hydrogens (primary N) is 1. The number of nitrogen functional groups attached to an aromatic ring is 1. The first-order valence-corrected chi connectivity index (χ1v) is 9.12. The number of carbonyl (C=O) groups is 1. The minimum atomic E-state index is -0.190. The Morgan fingerprint density at radius 1 is 1.35 bits per heavy atom. The Bertz CT molecular complexity index is 767. The van der Waals surface area contributed by atoms with Crippen LogP contribution < -0.4 is 15.8 Å². The van der Waals surface area contributed by atoms with Crippen molar-refractivity contribution < 1.29 is 9.53 Å². The summed E-state index contributed by atoms with van der Waals surface area (Å²) in [5, 5.41) is 3.35. The van der Waals surface area contributed by atoms with Crippen molar-refractivity contribution in [3.05, 3.63) is 58.6 Å². The summed E-state index contributed by atoms with van der Waals surface area (Å²) in [6, 6.07) is 13.6. The minimum absolute atomic E-state index is 0.190. The summed E-state index contributed by atoms with van der Waals surface area (Å²) in [4.78, 5) is 14.9. The highest BCUT2D eigenvalue weighted by Crippen LogP contribution is 2.29. The number of nitrogens with zero attached hydrogens (tertiary/aromatic N) is 1. The van der Waals surface area contributed by atoms with E-state index in [9.17, 15) is 4.79 Å². The molecule has 3 N–H and O–H groups in total. The van der Waals surface area contributed by atoms with E-state index in [-0.39, 0.29) is 5.91 Å². The van der Waals surface area contributed by atoms with Crippen LogP contribution in [0.2, 0.25) is 5.02 Å². The van der Waals surface area contributed by atoms with Crippen LogP contribution in [0.1, 0.15) is 22.3 Å². The monoisotopic (exact) mass is 373 g/mol. The third-order valence-electron chi connectivity index (χ3n) is 4.73. The van der Waals surface area contributed by atoms with Crippen molar-refractivity contribution in [3.8, 4) is 5.75 Å². The number of carbonyl (C=O) groups excluding carboxylic acids is 1. The van der Waals surface area contributed by atoms with Gasteiger partial charge < -0.3 is 15.8 Å². The van der Waals surface area contributed by atoms with Crippen LogP contribution in [-0.4, -0.2) is 37.6 Å². The normalized spacial score (nSPS) is 17.2. The molecule has 1 fully saturated rings. The number of nitrogens with one attached hydrogen (secondary N) is 1. The van der Waals surface area contributed by atoms with Crippen molar-refractivity contribution in [3.63, 3.8) is 0 Å². The van der Waals surface area contributed by atoms with Crippen molar-refractivity contribution in [2.24, 2.45) is 5.92 Å². The molecule has 0 radical (unpaired) electrons. The van der Waals surface area contributed by atoms with Gasteiger partial charge in [0.1, 0.15) is 5.75 Å². The number of anilines is 1. The molecular weight excluding hydrogens is 350 g/mol. The summed E-state index contributed by atoms with van der Waals surface area (Å²) in [5.41, 5.74) is 7.89. The number of amides is 1. The Labute approximate surface area is 159 Å². The van der Waals surface area contributed by atoms with Gasteiger partial charge in [-0.3, -0.25) is 9.69 Å². The van der Waals surface area contributed by atoms with Crippen LogP contribution in [0, 0.1) is 5.92 Å². The Hall–Kier alpha value is -2.24. The first-order valence-electron chi connectivity index (χ1n) is 8.74. The number of methoxy groups -OCH3 is 1. The second kappa shape index (κ2) is 8.43. The van der Waals surface area contributed by atoms with Gasteiger partial charge in [0.05, 0.1) is 23.4 Å². The maximum atomic E-state index is 12.5. The van der Waals surface area contributed by atoms with Gasteiger partial charge >= 0.3 is 0 Å². The molecule has 1 atom stereocenters. The molecule has 0 aromatic heterocycles. The van der Waals surface area contributed by atoms with E-state index in [0.29, 0.717) is 34.5 Å². The summed E-state index contributed by atoms with van der Waals surface area (Å²) in [6.45, 7) is 3.61. The van der Waals surface area contributed by atoms with Crippen molar-refractivity contribution >= 4 is 23.2 Å². The van der Waals surface area contributed by atoms with E-state index in [2.05, 4.69) is 34.5 Å². The smallest absolute Gasteiger partial charge is 0.255 e. The molecule has 26 heavy (non-hydrogen) atoms. The summed E-state index contributed by atoms with van der Waals surface area (Å²) < 4.78 is 5.25. The maximum Gasteiger partial charge on any atom is 0.255 e. The largest absolute Gasteiger partial charge is 0.496 e. The zero-order valence-corrected chi connectivity index (χ0v) is 15.6. The molecule has 1 aliphatic heterocycles. The number of rotatable bonds is 6. The fourth-order valence-corrected chi connectivity index (χ4v) is 3.48. The van der Waals surface area contributed by atoms with Crippen molar-refractivity contribution in [2.45, 2.75) is 13.0 Å². The Balaban J connectivity index is 1.53. The van der Waals surface area contributed by atoms with Crippen LogP contribution in [0.4, 0.5) is 5.69 Å². The molecular formula is C20H24ClN3O2. The molecule has 2 aromatic rings. The third kappa shape index (κ3) is 4.48. The molecule has 3 rings (SSSR count). The first-order chi connectivity index (χ1) is 12.6. The molecule has 0 spiro atoms. The molecule has 2 aromatic carbocycles. The lowest BCUT2D eigenvalue weighted by atomic mass is 10.1. The molecule has 1 amide bonds. The average Bonchev–Trinajstić information content (AvgIpc) is 3.09. The molecule has 138 valence electrons. The molecule has 5 nitrogen and oxygen atoms in total. The first kappa shape index (κ1) is 18.5. The van der Waals surface area contributed by atoms with Gasteiger partial charge in [0, 0.05) is 25.7 Å². The molecule has 6 heteroatoms. The Morgan fingerprint density at radius 2 is 2.12 bits per heavy atom. The zero-order chi connectivity index (χ0) is 18.5. The summed E-state index contributed by atoms with van der Waals surface area (Å²) in [5.74, 6) is 0.685. The predicted molar refractivity (Wildman–Crippen MR) is 105 cm³/mol. The number of hydrogen-bond acceptors (Lipinski definition) is 4. The van der Waals surface area contributed by atoms with Gasteiger partial charge in [-0.25, -0.2) is 0 Å². The lowest BCUT2D eigenvalue weighted by Crippen LogP contribution is -2.31. The van der Waals surface area contributed by atoms with E-state index >= 15 is 0 Å². The van der Waals surface area contributed by atoms with Gasteiger partial charge in [-0.2, -0.15) is 0 Å². The summed E-state index contributed by atoms with van der Waals surface area (Å²) >= 11 is 6.04.